The maximum absolute atomic E-state index is 13.3. The highest BCUT2D eigenvalue weighted by atomic mass is 19.1. The molecule has 1 aromatic carbocycles. The third-order valence-electron chi connectivity index (χ3n) is 4.42. The molecule has 0 radical (unpaired) electrons. The second-order valence-electron chi connectivity index (χ2n) is 5.74. The summed E-state index contributed by atoms with van der Waals surface area (Å²) in [5.74, 6) is -0.634. The lowest BCUT2D eigenvalue weighted by Gasteiger charge is -2.19. The van der Waals surface area contributed by atoms with Crippen molar-refractivity contribution in [2.75, 3.05) is 7.11 Å². The molecule has 1 fully saturated rings. The molecule has 0 aliphatic heterocycles. The molecule has 3 atom stereocenters. The number of H-pyrrole nitrogens is 1. The number of amides is 1. The zero-order valence-corrected chi connectivity index (χ0v) is 12.5. The number of carbonyl (C=O) groups excluding carboxylic acids is 1. The lowest BCUT2D eigenvalue weighted by atomic mass is 10.1. The third-order valence-corrected chi connectivity index (χ3v) is 4.42. The minimum absolute atomic E-state index is 0.247. The van der Waals surface area contributed by atoms with Gasteiger partial charge in [0.2, 0.25) is 0 Å². The van der Waals surface area contributed by atoms with E-state index < -0.39 is 6.10 Å². The number of aromatic nitrogens is 1. The number of nitrogens with one attached hydrogen (secondary N) is 2. The highest BCUT2D eigenvalue weighted by Gasteiger charge is 2.36. The molecule has 5 nitrogen and oxygen atoms in total. The Morgan fingerprint density at radius 1 is 1.45 bits per heavy atom. The number of rotatable bonds is 3. The van der Waals surface area contributed by atoms with Gasteiger partial charge in [-0.3, -0.25) is 4.79 Å². The van der Waals surface area contributed by atoms with E-state index in [4.69, 9.17) is 4.74 Å². The van der Waals surface area contributed by atoms with Crippen LogP contribution in [0.15, 0.2) is 18.2 Å². The second kappa shape index (κ2) is 5.70. The summed E-state index contributed by atoms with van der Waals surface area (Å²) in [6, 6.07) is 4.03. The number of aliphatic hydroxyl groups is 1. The number of ether oxygens (including phenoxy) is 1. The van der Waals surface area contributed by atoms with Gasteiger partial charge in [-0.1, -0.05) is 0 Å². The van der Waals surface area contributed by atoms with Gasteiger partial charge in [-0.2, -0.15) is 0 Å². The number of aryl methyl sites for hydroxylation is 1. The van der Waals surface area contributed by atoms with E-state index >= 15 is 0 Å². The maximum Gasteiger partial charge on any atom is 0.268 e. The molecule has 6 heteroatoms. The van der Waals surface area contributed by atoms with Crippen LogP contribution < -0.4 is 5.32 Å². The van der Waals surface area contributed by atoms with Crippen LogP contribution in [0.1, 0.15) is 28.9 Å². The number of aromatic amines is 1. The average molecular weight is 306 g/mol. The van der Waals surface area contributed by atoms with Gasteiger partial charge in [0.25, 0.3) is 5.91 Å². The molecule has 2 aromatic rings. The fourth-order valence-corrected chi connectivity index (χ4v) is 3.13. The van der Waals surface area contributed by atoms with Gasteiger partial charge >= 0.3 is 0 Å². The monoisotopic (exact) mass is 306 g/mol. The molecule has 1 aliphatic carbocycles. The van der Waals surface area contributed by atoms with Gasteiger partial charge in [0.05, 0.1) is 12.1 Å². The highest BCUT2D eigenvalue weighted by Crippen LogP contribution is 2.25. The molecular weight excluding hydrogens is 287 g/mol. The Morgan fingerprint density at radius 3 is 2.91 bits per heavy atom. The summed E-state index contributed by atoms with van der Waals surface area (Å²) in [6.07, 6.45) is 0.415. The summed E-state index contributed by atoms with van der Waals surface area (Å²) in [5, 5.41) is 13.6. The standard InChI is InChI=1S/C16H19FN2O3/c1-8-10-7-9(17)3-4-11(10)18-14(8)16(21)19-12-5-6-13(22-2)15(12)20/h3-4,7,12-13,15,18,20H,5-6H2,1-2H3,(H,19,21)/t12-,13-,15-/m1/s1. The van der Waals surface area contributed by atoms with Crippen molar-refractivity contribution in [3.05, 3.63) is 35.3 Å². The molecule has 1 aromatic heterocycles. The van der Waals surface area contributed by atoms with Crippen LogP contribution in [-0.4, -0.2) is 41.4 Å². The molecule has 1 aliphatic rings. The van der Waals surface area contributed by atoms with Crippen molar-refractivity contribution in [3.63, 3.8) is 0 Å². The van der Waals surface area contributed by atoms with Gasteiger partial charge < -0.3 is 20.1 Å². The molecule has 3 N–H and O–H groups in total. The predicted octanol–water partition coefficient (Wildman–Crippen LogP) is 1.88. The van der Waals surface area contributed by atoms with E-state index in [0.717, 1.165) is 0 Å². The lowest BCUT2D eigenvalue weighted by Crippen LogP contribution is -2.43. The third kappa shape index (κ3) is 2.48. The summed E-state index contributed by atoms with van der Waals surface area (Å²) in [6.45, 7) is 1.77. The summed E-state index contributed by atoms with van der Waals surface area (Å²) in [4.78, 5) is 15.4. The van der Waals surface area contributed by atoms with Crippen molar-refractivity contribution < 1.29 is 19.0 Å². The van der Waals surface area contributed by atoms with E-state index in [1.165, 1.54) is 12.1 Å². The maximum atomic E-state index is 13.3. The molecule has 0 spiro atoms. The number of benzene rings is 1. The van der Waals surface area contributed by atoms with Gasteiger partial charge in [-0.15, -0.1) is 0 Å². The van der Waals surface area contributed by atoms with Gasteiger partial charge in [0, 0.05) is 18.0 Å². The van der Waals surface area contributed by atoms with Crippen molar-refractivity contribution in [2.45, 2.75) is 38.0 Å². The van der Waals surface area contributed by atoms with Gasteiger partial charge in [0.15, 0.2) is 0 Å². The molecule has 1 saturated carbocycles. The largest absolute Gasteiger partial charge is 0.388 e. The van der Waals surface area contributed by atoms with E-state index in [0.29, 0.717) is 35.0 Å². The molecule has 0 unspecified atom stereocenters. The molecule has 1 heterocycles. The van der Waals surface area contributed by atoms with Crippen LogP contribution in [-0.2, 0) is 4.74 Å². The Labute approximate surface area is 127 Å². The van der Waals surface area contributed by atoms with Crippen LogP contribution in [0, 0.1) is 12.7 Å². The van der Waals surface area contributed by atoms with Crippen molar-refractivity contribution in [2.24, 2.45) is 0 Å². The van der Waals surface area contributed by atoms with Crippen molar-refractivity contribution in [3.8, 4) is 0 Å². The topological polar surface area (TPSA) is 74.3 Å². The molecule has 22 heavy (non-hydrogen) atoms. The first-order chi connectivity index (χ1) is 10.5. The van der Waals surface area contributed by atoms with E-state index in [2.05, 4.69) is 10.3 Å². The number of hydrogen-bond donors (Lipinski definition) is 3. The number of methoxy groups -OCH3 is 1. The minimum Gasteiger partial charge on any atom is -0.388 e. The molecule has 1 amide bonds. The first-order valence-corrected chi connectivity index (χ1v) is 7.31. The van der Waals surface area contributed by atoms with Crippen LogP contribution in [0.3, 0.4) is 0 Å². The quantitative estimate of drug-likeness (QED) is 0.810. The number of aliphatic hydroxyl groups excluding tert-OH is 1. The predicted molar refractivity (Wildman–Crippen MR) is 80.3 cm³/mol. The Bertz CT molecular complexity index is 713. The Balaban J connectivity index is 1.82. The summed E-state index contributed by atoms with van der Waals surface area (Å²) < 4.78 is 18.5. The van der Waals surface area contributed by atoms with Crippen LogP contribution in [0.25, 0.3) is 10.9 Å². The van der Waals surface area contributed by atoms with Gasteiger partial charge in [0.1, 0.15) is 17.6 Å². The highest BCUT2D eigenvalue weighted by molar-refractivity contribution is 6.01. The fourth-order valence-electron chi connectivity index (χ4n) is 3.13. The minimum atomic E-state index is -0.712. The van der Waals surface area contributed by atoms with Gasteiger partial charge in [-0.25, -0.2) is 4.39 Å². The number of carbonyl (C=O) groups is 1. The molecule has 3 rings (SSSR count). The smallest absolute Gasteiger partial charge is 0.268 e. The zero-order valence-electron chi connectivity index (χ0n) is 12.5. The van der Waals surface area contributed by atoms with E-state index in [1.807, 2.05) is 0 Å². The van der Waals surface area contributed by atoms with Crippen molar-refractivity contribution in [1.82, 2.24) is 10.3 Å². The first-order valence-electron chi connectivity index (χ1n) is 7.31. The normalized spacial score (nSPS) is 24.8. The molecule has 0 bridgehead atoms. The van der Waals surface area contributed by atoms with Crippen LogP contribution in [0.4, 0.5) is 4.39 Å². The Kier molecular flexibility index (Phi) is 3.88. The van der Waals surface area contributed by atoms with E-state index in [9.17, 15) is 14.3 Å². The van der Waals surface area contributed by atoms with Gasteiger partial charge in [-0.05, 0) is 43.5 Å². The molecule has 0 saturated heterocycles. The SMILES string of the molecule is CO[C@@H]1CC[C@@H](NC(=O)c2[nH]c3ccc(F)cc3c2C)[C@H]1O. The lowest BCUT2D eigenvalue weighted by molar-refractivity contribution is 0.000183. The summed E-state index contributed by atoms with van der Waals surface area (Å²) in [7, 11) is 1.55. The number of hydrogen-bond acceptors (Lipinski definition) is 3. The van der Waals surface area contributed by atoms with E-state index in [1.54, 1.807) is 20.1 Å². The summed E-state index contributed by atoms with van der Waals surface area (Å²) in [5.41, 5.74) is 1.81. The fraction of sp³-hybridized carbons (Fsp3) is 0.438. The zero-order chi connectivity index (χ0) is 15.9. The molecule has 118 valence electrons. The summed E-state index contributed by atoms with van der Waals surface area (Å²) >= 11 is 0. The Morgan fingerprint density at radius 2 is 2.23 bits per heavy atom. The first kappa shape index (κ1) is 15.0. The van der Waals surface area contributed by atoms with Crippen LogP contribution in [0.2, 0.25) is 0 Å². The van der Waals surface area contributed by atoms with E-state index in [-0.39, 0.29) is 23.9 Å². The molecular formula is C16H19FN2O3. The number of fused-ring (bicyclic) bond motifs is 1. The second-order valence-corrected chi connectivity index (χ2v) is 5.74. The number of halogens is 1. The van der Waals surface area contributed by atoms with Crippen LogP contribution in [0.5, 0.6) is 0 Å². The average Bonchev–Trinajstić information content (AvgIpc) is 3.01. The van der Waals surface area contributed by atoms with Crippen LogP contribution >= 0.6 is 0 Å². The van der Waals surface area contributed by atoms with Crippen molar-refractivity contribution >= 4 is 16.8 Å². The Hall–Kier alpha value is -1.92. The van der Waals surface area contributed by atoms with Crippen molar-refractivity contribution in [1.29, 1.82) is 0 Å².